The van der Waals surface area contributed by atoms with E-state index in [9.17, 15) is 18.0 Å². The van der Waals surface area contributed by atoms with Gasteiger partial charge in [-0.1, -0.05) is 32.4 Å². The van der Waals surface area contributed by atoms with Gasteiger partial charge in [0, 0.05) is 44.6 Å². The van der Waals surface area contributed by atoms with Crippen molar-refractivity contribution in [2.75, 3.05) is 38.0 Å². The highest BCUT2D eigenvalue weighted by atomic mass is 32.2. The Morgan fingerprint density at radius 2 is 1.79 bits per heavy atom. The second-order valence-corrected chi connectivity index (χ2v) is 10.5. The van der Waals surface area contributed by atoms with Gasteiger partial charge in [0.1, 0.15) is 5.82 Å². The van der Waals surface area contributed by atoms with Crippen molar-refractivity contribution >= 4 is 27.7 Å². The van der Waals surface area contributed by atoms with Gasteiger partial charge in [0.2, 0.25) is 21.8 Å². The Labute approximate surface area is 194 Å². The number of nitrogens with one attached hydrogen (secondary N) is 1. The van der Waals surface area contributed by atoms with Crippen LogP contribution in [-0.2, 0) is 21.2 Å². The van der Waals surface area contributed by atoms with E-state index in [-0.39, 0.29) is 29.6 Å². The lowest BCUT2D eigenvalue weighted by Crippen LogP contribution is -2.48. The zero-order chi connectivity index (χ0) is 23.8. The van der Waals surface area contributed by atoms with E-state index in [2.05, 4.69) is 22.2 Å². The summed E-state index contributed by atoms with van der Waals surface area (Å²) in [5.41, 5.74) is 2.58. The monoisotopic (exact) mass is 473 g/mol. The van der Waals surface area contributed by atoms with Crippen molar-refractivity contribution in [2.24, 2.45) is 0 Å². The van der Waals surface area contributed by atoms with Gasteiger partial charge in [-0.2, -0.15) is 14.1 Å². The minimum Gasteiger partial charge on any atom is -0.310 e. The zero-order valence-electron chi connectivity index (χ0n) is 19.4. The highest BCUT2D eigenvalue weighted by molar-refractivity contribution is 7.89. The van der Waals surface area contributed by atoms with Crippen LogP contribution in [0, 0.1) is 6.92 Å². The molecular weight excluding hydrogens is 442 g/mol. The molecule has 0 spiro atoms. The molecule has 0 radical (unpaired) electrons. The molecule has 1 aromatic heterocycles. The Morgan fingerprint density at radius 3 is 2.45 bits per heavy atom. The second kappa shape index (κ2) is 9.36. The molecule has 2 aliphatic heterocycles. The molecule has 0 saturated carbocycles. The summed E-state index contributed by atoms with van der Waals surface area (Å²) in [4.78, 5) is 27.3. The Morgan fingerprint density at radius 1 is 1.06 bits per heavy atom. The van der Waals surface area contributed by atoms with Crippen LogP contribution in [0.5, 0.6) is 0 Å². The lowest BCUT2D eigenvalue weighted by molar-refractivity contribution is -0.116. The zero-order valence-corrected chi connectivity index (χ0v) is 20.2. The minimum absolute atomic E-state index is 0.0861. The number of hydrogen-bond donors (Lipinski definition) is 1. The Balaban J connectivity index is 1.80. The summed E-state index contributed by atoms with van der Waals surface area (Å²) in [5.74, 6) is -0.171. The van der Waals surface area contributed by atoms with Gasteiger partial charge in [-0.15, -0.1) is 0 Å². The summed E-state index contributed by atoms with van der Waals surface area (Å²) in [6.07, 6.45) is 1.59. The maximum absolute atomic E-state index is 13.5. The summed E-state index contributed by atoms with van der Waals surface area (Å²) in [7, 11) is -3.69. The molecule has 0 atom stereocenters. The normalized spacial score (nSPS) is 18.2. The van der Waals surface area contributed by atoms with Crippen molar-refractivity contribution < 1.29 is 18.0 Å². The lowest BCUT2D eigenvalue weighted by atomic mass is 10.0. The molecule has 1 fully saturated rings. The first-order valence-corrected chi connectivity index (χ1v) is 13.0. The van der Waals surface area contributed by atoms with Crippen LogP contribution < -0.4 is 5.32 Å². The van der Waals surface area contributed by atoms with Gasteiger partial charge in [-0.25, -0.2) is 8.42 Å². The number of hydrogen-bond acceptors (Lipinski definition) is 6. The van der Waals surface area contributed by atoms with Crippen molar-refractivity contribution in [1.29, 1.82) is 0 Å². The molecule has 1 saturated heterocycles. The fraction of sp³-hybridized carbons (Fsp3) is 0.522. The van der Waals surface area contributed by atoms with Crippen LogP contribution >= 0.6 is 0 Å². The summed E-state index contributed by atoms with van der Waals surface area (Å²) in [6, 6.07) is 5.28. The number of amides is 1. The number of aryl methyl sites for hydroxylation is 2. The number of rotatable bonds is 6. The fourth-order valence-corrected chi connectivity index (χ4v) is 6.13. The Hall–Kier alpha value is -2.56. The summed E-state index contributed by atoms with van der Waals surface area (Å²) in [5, 5.41) is 7.32. The molecule has 0 unspecified atom stereocenters. The maximum atomic E-state index is 13.5. The predicted molar refractivity (Wildman–Crippen MR) is 126 cm³/mol. The largest absolute Gasteiger partial charge is 0.310 e. The molecule has 1 N–H and O–H groups in total. The van der Waals surface area contributed by atoms with Crippen molar-refractivity contribution in [3.05, 3.63) is 29.5 Å². The molecule has 33 heavy (non-hydrogen) atoms. The third-order valence-electron chi connectivity index (χ3n) is 6.38. The number of fused-ring (bicyclic) bond motifs is 1. The van der Waals surface area contributed by atoms with Gasteiger partial charge in [-0.05, 0) is 37.1 Å². The number of nitrogens with zero attached hydrogens (tertiary/aromatic N) is 4. The van der Waals surface area contributed by atoms with Gasteiger partial charge >= 0.3 is 0 Å². The average molecular weight is 474 g/mol. The average Bonchev–Trinajstić information content (AvgIpc) is 3.08. The standard InChI is InChI=1S/C23H31N5O4S/c1-4-6-18-22(23-24-20(29)9-10-21(30)28(23)25-18)17-8-7-16(3)19(15-17)33(31,32)27-13-11-26(5-2)12-14-27/h7-8,15H,4-6,9-14H2,1-3H3,(H,24,29). The smallest absolute Gasteiger partial charge is 0.249 e. The SMILES string of the molecule is CCCc1nn2c(c1-c1ccc(C)c(S(=O)(=O)N3CCN(CC)CC3)c1)NC(=O)CCC2=O. The summed E-state index contributed by atoms with van der Waals surface area (Å²) < 4.78 is 29.9. The third-order valence-corrected chi connectivity index (χ3v) is 8.42. The van der Waals surface area contributed by atoms with Crippen molar-refractivity contribution in [3.63, 3.8) is 0 Å². The van der Waals surface area contributed by atoms with Crippen molar-refractivity contribution in [3.8, 4) is 11.1 Å². The van der Waals surface area contributed by atoms with E-state index in [1.54, 1.807) is 23.4 Å². The van der Waals surface area contributed by atoms with Crippen LogP contribution in [-0.4, -0.2) is 71.9 Å². The molecule has 0 aliphatic carbocycles. The number of carbonyl (C=O) groups excluding carboxylic acids is 2. The first kappa shape index (κ1) is 23.6. The van der Waals surface area contributed by atoms with Crippen LogP contribution in [0.15, 0.2) is 23.1 Å². The molecule has 2 aliphatic rings. The molecule has 178 valence electrons. The van der Waals surface area contributed by atoms with E-state index in [1.807, 2.05) is 13.0 Å². The number of piperazine rings is 1. The van der Waals surface area contributed by atoms with Crippen LogP contribution in [0.1, 0.15) is 49.2 Å². The summed E-state index contributed by atoms with van der Waals surface area (Å²) >= 11 is 0. The van der Waals surface area contributed by atoms with Gasteiger partial charge in [0.05, 0.1) is 10.6 Å². The molecule has 4 rings (SSSR count). The van der Waals surface area contributed by atoms with E-state index < -0.39 is 10.0 Å². The van der Waals surface area contributed by atoms with E-state index in [4.69, 9.17) is 0 Å². The summed E-state index contributed by atoms with van der Waals surface area (Å²) in [6.45, 7) is 9.10. The first-order chi connectivity index (χ1) is 15.8. The number of aromatic nitrogens is 2. The first-order valence-electron chi connectivity index (χ1n) is 11.5. The Bertz CT molecular complexity index is 1180. The lowest BCUT2D eigenvalue weighted by Gasteiger charge is -2.33. The number of likely N-dealkylation sites (N-methyl/N-ethyl adjacent to an activating group) is 1. The van der Waals surface area contributed by atoms with Crippen LogP contribution in [0.2, 0.25) is 0 Å². The Kier molecular flexibility index (Phi) is 6.69. The number of benzene rings is 1. The van der Waals surface area contributed by atoms with E-state index in [0.717, 1.165) is 13.0 Å². The highest BCUT2D eigenvalue weighted by Gasteiger charge is 2.31. The van der Waals surface area contributed by atoms with Gasteiger partial charge in [0.15, 0.2) is 0 Å². The van der Waals surface area contributed by atoms with Crippen LogP contribution in [0.25, 0.3) is 11.1 Å². The number of carbonyl (C=O) groups is 2. The van der Waals surface area contributed by atoms with Gasteiger partial charge in [-0.3, -0.25) is 9.59 Å². The molecule has 10 heteroatoms. The number of anilines is 1. The molecule has 1 aromatic carbocycles. The van der Waals surface area contributed by atoms with Gasteiger partial charge < -0.3 is 10.2 Å². The van der Waals surface area contributed by atoms with E-state index in [1.165, 1.54) is 4.68 Å². The molecule has 2 aromatic rings. The quantitative estimate of drug-likeness (QED) is 0.691. The molecule has 3 heterocycles. The number of sulfonamides is 1. The van der Waals surface area contributed by atoms with Crippen LogP contribution in [0.4, 0.5) is 5.82 Å². The van der Waals surface area contributed by atoms with Gasteiger partial charge in [0.25, 0.3) is 0 Å². The molecular formula is C23H31N5O4S. The van der Waals surface area contributed by atoms with Crippen molar-refractivity contribution in [1.82, 2.24) is 19.0 Å². The molecule has 9 nitrogen and oxygen atoms in total. The fourth-order valence-electron chi connectivity index (χ4n) is 4.45. The maximum Gasteiger partial charge on any atom is 0.249 e. The van der Waals surface area contributed by atoms with E-state index in [0.29, 0.717) is 60.8 Å². The second-order valence-electron chi connectivity index (χ2n) is 8.59. The third kappa shape index (κ3) is 4.47. The predicted octanol–water partition coefficient (Wildman–Crippen LogP) is 2.51. The van der Waals surface area contributed by atoms with Crippen molar-refractivity contribution in [2.45, 2.75) is 51.3 Å². The topological polar surface area (TPSA) is 105 Å². The van der Waals surface area contributed by atoms with Crippen LogP contribution in [0.3, 0.4) is 0 Å². The molecule has 1 amide bonds. The molecule has 0 bridgehead atoms. The minimum atomic E-state index is -3.69. The van der Waals surface area contributed by atoms with E-state index >= 15 is 0 Å². The highest BCUT2D eigenvalue weighted by Crippen LogP contribution is 2.36.